The zero-order valence-electron chi connectivity index (χ0n) is 19.0. The van der Waals surface area contributed by atoms with E-state index in [0.717, 1.165) is 16.9 Å². The molecule has 1 atom stereocenters. The molecule has 0 aliphatic heterocycles. The topological polar surface area (TPSA) is 130 Å². The summed E-state index contributed by atoms with van der Waals surface area (Å²) in [7, 11) is 0. The Labute approximate surface area is 200 Å². The van der Waals surface area contributed by atoms with Crippen molar-refractivity contribution in [2.75, 3.05) is 0 Å². The van der Waals surface area contributed by atoms with Crippen molar-refractivity contribution in [1.29, 1.82) is 0 Å². The molecule has 0 fully saturated rings. The number of ether oxygens (including phenoxy) is 1. The van der Waals surface area contributed by atoms with Crippen LogP contribution in [0.5, 0.6) is 5.75 Å². The van der Waals surface area contributed by atoms with Crippen LogP contribution in [0.15, 0.2) is 76.2 Å². The molecule has 0 bridgehead atoms. The molecule has 180 valence electrons. The number of benzene rings is 2. The second-order valence-electron chi connectivity index (χ2n) is 8.04. The number of nitro benzene ring substituents is 1. The molecule has 0 spiro atoms. The summed E-state index contributed by atoms with van der Waals surface area (Å²) in [5.74, 6) is -0.0368. The standard InChI is InChI=1S/C25H24N4O6/c1-17(19-6-9-21(10-7-19)34-16-18-4-2-12-26-15-18)27-24(30)5-3-13-28-22-11-8-20(29(32)33)14-23(22)35-25(28)31/h2,4,6-12,14-15,17H,3,5,13,16H2,1H3,(H,27,30). The molecule has 1 unspecified atom stereocenters. The van der Waals surface area contributed by atoms with Crippen molar-refractivity contribution in [2.24, 2.45) is 0 Å². The number of rotatable bonds is 10. The monoisotopic (exact) mass is 476 g/mol. The number of aromatic nitrogens is 2. The van der Waals surface area contributed by atoms with Crippen LogP contribution in [0.2, 0.25) is 0 Å². The third-order valence-electron chi connectivity index (χ3n) is 5.53. The molecule has 0 saturated carbocycles. The summed E-state index contributed by atoms with van der Waals surface area (Å²) < 4.78 is 12.2. The highest BCUT2D eigenvalue weighted by Gasteiger charge is 2.15. The number of nitrogens with one attached hydrogen (secondary N) is 1. The first kappa shape index (κ1) is 23.7. The summed E-state index contributed by atoms with van der Waals surface area (Å²) >= 11 is 0. The summed E-state index contributed by atoms with van der Waals surface area (Å²) in [5, 5.41) is 13.9. The number of carbonyl (C=O) groups is 1. The van der Waals surface area contributed by atoms with Gasteiger partial charge < -0.3 is 14.5 Å². The van der Waals surface area contributed by atoms with Crippen LogP contribution in [0.4, 0.5) is 5.69 Å². The fourth-order valence-corrected chi connectivity index (χ4v) is 3.68. The Kier molecular flexibility index (Phi) is 7.20. The Morgan fingerprint density at radius 1 is 1.23 bits per heavy atom. The molecule has 0 aliphatic rings. The third kappa shape index (κ3) is 5.91. The number of oxazole rings is 1. The van der Waals surface area contributed by atoms with Crippen molar-refractivity contribution in [3.05, 3.63) is 98.8 Å². The van der Waals surface area contributed by atoms with Crippen molar-refractivity contribution in [1.82, 2.24) is 14.9 Å². The van der Waals surface area contributed by atoms with E-state index in [2.05, 4.69) is 10.3 Å². The Hall–Kier alpha value is -4.47. The van der Waals surface area contributed by atoms with Gasteiger partial charge in [0.05, 0.1) is 22.5 Å². The second kappa shape index (κ2) is 10.6. The van der Waals surface area contributed by atoms with Crippen molar-refractivity contribution >= 4 is 22.7 Å². The molecule has 4 rings (SSSR count). The minimum absolute atomic E-state index is 0.147. The van der Waals surface area contributed by atoms with Crippen LogP contribution >= 0.6 is 0 Å². The molecular formula is C25H24N4O6. The number of fused-ring (bicyclic) bond motifs is 1. The van der Waals surface area contributed by atoms with Crippen LogP contribution < -0.4 is 15.8 Å². The molecule has 1 N–H and O–H groups in total. The zero-order valence-corrected chi connectivity index (χ0v) is 19.0. The van der Waals surface area contributed by atoms with Gasteiger partial charge in [-0.1, -0.05) is 18.2 Å². The Balaban J connectivity index is 1.27. The van der Waals surface area contributed by atoms with E-state index in [-0.39, 0.29) is 36.2 Å². The number of nitro groups is 1. The molecule has 10 heteroatoms. The number of amides is 1. The molecule has 35 heavy (non-hydrogen) atoms. The third-order valence-corrected chi connectivity index (χ3v) is 5.53. The van der Waals surface area contributed by atoms with Gasteiger partial charge in [0.25, 0.3) is 5.69 Å². The summed E-state index contributed by atoms with van der Waals surface area (Å²) in [6, 6.07) is 15.1. The smallest absolute Gasteiger partial charge is 0.419 e. The largest absolute Gasteiger partial charge is 0.489 e. The molecule has 0 aliphatic carbocycles. The van der Waals surface area contributed by atoms with Crippen molar-refractivity contribution in [2.45, 2.75) is 39.0 Å². The van der Waals surface area contributed by atoms with Gasteiger partial charge in [-0.25, -0.2) is 4.79 Å². The van der Waals surface area contributed by atoms with Crippen molar-refractivity contribution in [3.63, 3.8) is 0 Å². The normalized spacial score (nSPS) is 11.8. The van der Waals surface area contributed by atoms with Crippen molar-refractivity contribution < 1.29 is 18.9 Å². The quantitative estimate of drug-likeness (QED) is 0.269. The average molecular weight is 476 g/mol. The predicted octanol–water partition coefficient (Wildman–Crippen LogP) is 4.13. The summed E-state index contributed by atoms with van der Waals surface area (Å²) in [5.41, 5.74) is 2.37. The molecule has 2 heterocycles. The highest BCUT2D eigenvalue weighted by molar-refractivity contribution is 5.77. The van der Waals surface area contributed by atoms with E-state index >= 15 is 0 Å². The second-order valence-corrected chi connectivity index (χ2v) is 8.04. The van der Waals surface area contributed by atoms with Gasteiger partial charge in [-0.3, -0.25) is 24.5 Å². The minimum atomic E-state index is -0.611. The lowest BCUT2D eigenvalue weighted by molar-refractivity contribution is -0.384. The fraction of sp³-hybridized carbons (Fsp3) is 0.240. The first-order chi connectivity index (χ1) is 16.9. The van der Waals surface area contributed by atoms with Crippen LogP contribution in [0.1, 0.15) is 36.9 Å². The highest BCUT2D eigenvalue weighted by atomic mass is 16.6. The minimum Gasteiger partial charge on any atom is -0.489 e. The number of pyridine rings is 1. The number of carbonyl (C=O) groups excluding carboxylic acids is 1. The molecule has 0 radical (unpaired) electrons. The van der Waals surface area contributed by atoms with E-state index in [9.17, 15) is 19.7 Å². The molecule has 1 amide bonds. The molecule has 2 aromatic heterocycles. The van der Waals surface area contributed by atoms with Gasteiger partial charge in [0.1, 0.15) is 12.4 Å². The highest BCUT2D eigenvalue weighted by Crippen LogP contribution is 2.21. The number of hydrogen-bond donors (Lipinski definition) is 1. The molecular weight excluding hydrogens is 452 g/mol. The number of non-ortho nitro benzene ring substituents is 1. The van der Waals surface area contributed by atoms with Crippen LogP contribution in [-0.2, 0) is 17.9 Å². The lowest BCUT2D eigenvalue weighted by Gasteiger charge is -2.15. The van der Waals surface area contributed by atoms with Gasteiger partial charge in [0, 0.05) is 37.0 Å². The first-order valence-corrected chi connectivity index (χ1v) is 11.1. The molecule has 4 aromatic rings. The maximum atomic E-state index is 12.4. The van der Waals surface area contributed by atoms with E-state index in [1.54, 1.807) is 12.4 Å². The summed E-state index contributed by atoms with van der Waals surface area (Å²) in [6.07, 6.45) is 4.08. The van der Waals surface area contributed by atoms with Gasteiger partial charge in [0.15, 0.2) is 5.58 Å². The molecule has 0 saturated heterocycles. The average Bonchev–Trinajstić information content (AvgIpc) is 3.17. The SMILES string of the molecule is CC(NC(=O)CCCn1c(=O)oc2cc([N+](=O)[O-])ccc21)c1ccc(OCc2cccnc2)cc1. The maximum Gasteiger partial charge on any atom is 0.419 e. The molecule has 2 aromatic carbocycles. The van der Waals surface area contributed by atoms with Crippen molar-refractivity contribution in [3.8, 4) is 5.75 Å². The predicted molar refractivity (Wildman–Crippen MR) is 128 cm³/mol. The first-order valence-electron chi connectivity index (χ1n) is 11.1. The fourth-order valence-electron chi connectivity index (χ4n) is 3.68. The van der Waals surface area contributed by atoms with Gasteiger partial charge in [-0.15, -0.1) is 0 Å². The maximum absolute atomic E-state index is 12.4. The Morgan fingerprint density at radius 3 is 2.74 bits per heavy atom. The lowest BCUT2D eigenvalue weighted by atomic mass is 10.1. The van der Waals surface area contributed by atoms with E-state index in [1.807, 2.05) is 43.3 Å². The summed E-state index contributed by atoms with van der Waals surface area (Å²) in [6.45, 7) is 2.57. The van der Waals surface area contributed by atoms with Gasteiger partial charge in [0.2, 0.25) is 5.91 Å². The van der Waals surface area contributed by atoms with Gasteiger partial charge in [-0.2, -0.15) is 0 Å². The van der Waals surface area contributed by atoms with Crippen LogP contribution in [-0.4, -0.2) is 20.4 Å². The van der Waals surface area contributed by atoms with E-state index < -0.39 is 10.7 Å². The van der Waals surface area contributed by atoms with Gasteiger partial charge in [-0.05, 0) is 43.2 Å². The van der Waals surface area contributed by atoms with Crippen LogP contribution in [0, 0.1) is 10.1 Å². The summed E-state index contributed by atoms with van der Waals surface area (Å²) in [4.78, 5) is 39.0. The van der Waals surface area contributed by atoms with Crippen LogP contribution in [0.3, 0.4) is 0 Å². The Morgan fingerprint density at radius 2 is 2.03 bits per heavy atom. The van der Waals surface area contributed by atoms with Gasteiger partial charge >= 0.3 is 5.76 Å². The lowest BCUT2D eigenvalue weighted by Crippen LogP contribution is -2.27. The number of aryl methyl sites for hydroxylation is 1. The number of hydrogen-bond acceptors (Lipinski definition) is 7. The number of nitrogens with zero attached hydrogens (tertiary/aromatic N) is 3. The zero-order chi connectivity index (χ0) is 24.8. The Bertz CT molecular complexity index is 1380. The van der Waals surface area contributed by atoms with E-state index in [4.69, 9.17) is 9.15 Å². The van der Waals surface area contributed by atoms with Crippen LogP contribution in [0.25, 0.3) is 11.1 Å². The van der Waals surface area contributed by atoms with E-state index in [0.29, 0.717) is 18.5 Å². The van der Waals surface area contributed by atoms with E-state index in [1.165, 1.54) is 22.8 Å². The molecule has 10 nitrogen and oxygen atoms in total.